The normalized spacial score (nSPS) is 30.3. The van der Waals surface area contributed by atoms with Crippen molar-refractivity contribution in [2.75, 3.05) is 25.1 Å². The zero-order valence-electron chi connectivity index (χ0n) is 24.3. The molecule has 2 aromatic carbocycles. The number of allylic oxidation sites excluding steroid dienone is 1. The number of hydrogen-bond donors (Lipinski definition) is 1. The Hall–Kier alpha value is -2.55. The summed E-state index contributed by atoms with van der Waals surface area (Å²) < 4.78 is 41.6. The van der Waals surface area contributed by atoms with E-state index < -0.39 is 21.2 Å². The van der Waals surface area contributed by atoms with Crippen LogP contribution in [0.1, 0.15) is 72.9 Å². The van der Waals surface area contributed by atoms with Crippen molar-refractivity contribution < 1.29 is 22.7 Å². The summed E-state index contributed by atoms with van der Waals surface area (Å²) in [6.45, 7) is 2.01. The summed E-state index contributed by atoms with van der Waals surface area (Å²) in [6.07, 6.45) is 12.3. The molecule has 0 spiro atoms. The van der Waals surface area contributed by atoms with Crippen molar-refractivity contribution in [3.63, 3.8) is 0 Å². The van der Waals surface area contributed by atoms with Gasteiger partial charge < -0.3 is 14.4 Å². The average Bonchev–Trinajstić information content (AvgIpc) is 3.00. The molecule has 4 aliphatic rings. The lowest BCUT2D eigenvalue weighted by Gasteiger charge is -2.43. The van der Waals surface area contributed by atoms with E-state index in [1.54, 1.807) is 13.2 Å². The van der Waals surface area contributed by atoms with Gasteiger partial charge in [-0.3, -0.25) is 4.79 Å². The highest BCUT2D eigenvalue weighted by Crippen LogP contribution is 2.42. The Morgan fingerprint density at radius 3 is 2.69 bits per heavy atom. The fraction of sp³-hybridized carbons (Fsp3) is 0.545. The molecule has 226 valence electrons. The van der Waals surface area contributed by atoms with Crippen LogP contribution in [0.2, 0.25) is 5.02 Å². The van der Waals surface area contributed by atoms with Crippen LogP contribution >= 0.6 is 11.6 Å². The number of rotatable bonds is 1. The molecule has 42 heavy (non-hydrogen) atoms. The summed E-state index contributed by atoms with van der Waals surface area (Å²) in [5.41, 5.74) is 3.45. The van der Waals surface area contributed by atoms with Crippen LogP contribution in [0.15, 0.2) is 48.6 Å². The van der Waals surface area contributed by atoms with E-state index in [1.807, 2.05) is 30.3 Å². The maximum atomic E-state index is 13.4. The van der Waals surface area contributed by atoms with Gasteiger partial charge in [0, 0.05) is 30.8 Å². The number of nitrogens with zero attached hydrogens (tertiary/aromatic N) is 1. The molecule has 5 atom stereocenters. The topological polar surface area (TPSA) is 84.9 Å². The Kier molecular flexibility index (Phi) is 8.85. The van der Waals surface area contributed by atoms with Crippen molar-refractivity contribution in [2.24, 2.45) is 17.8 Å². The van der Waals surface area contributed by atoms with E-state index in [9.17, 15) is 13.2 Å². The van der Waals surface area contributed by atoms with Crippen LogP contribution in [0.4, 0.5) is 5.69 Å². The van der Waals surface area contributed by atoms with Gasteiger partial charge in [-0.25, -0.2) is 13.1 Å². The lowest BCUT2D eigenvalue weighted by atomic mass is 9.70. The van der Waals surface area contributed by atoms with Gasteiger partial charge in [0.25, 0.3) is 5.91 Å². The monoisotopic (exact) mass is 612 g/mol. The third-order valence-corrected chi connectivity index (χ3v) is 11.8. The molecule has 2 aromatic rings. The van der Waals surface area contributed by atoms with Crippen molar-refractivity contribution in [3.8, 4) is 5.75 Å². The molecule has 2 fully saturated rings. The lowest BCUT2D eigenvalue weighted by Crippen LogP contribution is -2.44. The molecule has 2 saturated carbocycles. The number of fused-ring (bicyclic) bond motifs is 5. The molecule has 9 heteroatoms. The second-order valence-electron chi connectivity index (χ2n) is 12.4. The highest BCUT2D eigenvalue weighted by Gasteiger charge is 2.38. The molecular formula is C33H41ClN2O5S. The predicted molar refractivity (Wildman–Crippen MR) is 166 cm³/mol. The summed E-state index contributed by atoms with van der Waals surface area (Å²) in [4.78, 5) is 15.8. The van der Waals surface area contributed by atoms with E-state index in [1.165, 1.54) is 5.56 Å². The van der Waals surface area contributed by atoms with Gasteiger partial charge in [-0.15, -0.1) is 0 Å². The number of ether oxygens (including phenoxy) is 2. The summed E-state index contributed by atoms with van der Waals surface area (Å²) in [6, 6.07) is 11.3. The fourth-order valence-electron chi connectivity index (χ4n) is 7.19. The van der Waals surface area contributed by atoms with E-state index in [2.05, 4.69) is 21.8 Å². The average molecular weight is 613 g/mol. The third-order valence-electron chi connectivity index (χ3n) is 9.78. The first-order chi connectivity index (χ1) is 20.3. The lowest BCUT2D eigenvalue weighted by molar-refractivity contribution is 0.0132. The second kappa shape index (κ2) is 12.6. The van der Waals surface area contributed by atoms with Gasteiger partial charge >= 0.3 is 0 Å². The van der Waals surface area contributed by atoms with E-state index >= 15 is 0 Å². The molecule has 2 aliphatic carbocycles. The molecule has 4 bridgehead atoms. The minimum atomic E-state index is -3.83. The molecule has 0 radical (unpaired) electrons. The Balaban J connectivity index is 1.38. The molecular weight excluding hydrogens is 572 g/mol. The van der Waals surface area contributed by atoms with Crippen LogP contribution in [-0.4, -0.2) is 45.9 Å². The number of sulfonamides is 1. The maximum Gasteiger partial charge on any atom is 0.264 e. The van der Waals surface area contributed by atoms with Gasteiger partial charge in [-0.1, -0.05) is 36.2 Å². The number of carbonyl (C=O) groups excluding carboxylic acids is 1. The van der Waals surface area contributed by atoms with E-state index in [0.29, 0.717) is 42.6 Å². The van der Waals surface area contributed by atoms with Gasteiger partial charge in [0.15, 0.2) is 0 Å². The second-order valence-corrected chi connectivity index (χ2v) is 14.8. The summed E-state index contributed by atoms with van der Waals surface area (Å²) in [7, 11) is -2.05. The zero-order chi connectivity index (χ0) is 29.3. The first kappa shape index (κ1) is 29.5. The predicted octanol–water partition coefficient (Wildman–Crippen LogP) is 6.29. The van der Waals surface area contributed by atoms with E-state index in [-0.39, 0.29) is 12.0 Å². The van der Waals surface area contributed by atoms with Gasteiger partial charge in [0.2, 0.25) is 10.0 Å². The first-order valence-electron chi connectivity index (χ1n) is 15.4. The third kappa shape index (κ3) is 6.36. The fourth-order valence-corrected chi connectivity index (χ4v) is 8.90. The van der Waals surface area contributed by atoms with Crippen molar-refractivity contribution in [1.29, 1.82) is 0 Å². The smallest absolute Gasteiger partial charge is 0.264 e. The number of aryl methyl sites for hydroxylation is 1. The number of halogens is 1. The van der Waals surface area contributed by atoms with E-state index in [4.69, 9.17) is 21.1 Å². The van der Waals surface area contributed by atoms with Gasteiger partial charge in [0.05, 0.1) is 17.0 Å². The summed E-state index contributed by atoms with van der Waals surface area (Å²) in [5, 5.41) is 0.130. The number of hydrogen-bond acceptors (Lipinski definition) is 6. The molecule has 1 N–H and O–H groups in total. The molecule has 6 rings (SSSR count). The number of anilines is 1. The van der Waals surface area contributed by atoms with Crippen molar-refractivity contribution in [2.45, 2.75) is 75.7 Å². The minimum absolute atomic E-state index is 0.00132. The molecule has 0 aromatic heterocycles. The Morgan fingerprint density at radius 2 is 1.88 bits per heavy atom. The van der Waals surface area contributed by atoms with Crippen LogP contribution in [0.5, 0.6) is 5.75 Å². The highest BCUT2D eigenvalue weighted by molar-refractivity contribution is 7.90. The van der Waals surface area contributed by atoms with Crippen LogP contribution < -0.4 is 14.4 Å². The van der Waals surface area contributed by atoms with E-state index in [0.717, 1.165) is 74.3 Å². The van der Waals surface area contributed by atoms with Crippen LogP contribution in [0.3, 0.4) is 0 Å². The summed E-state index contributed by atoms with van der Waals surface area (Å²) in [5.74, 6) is 1.10. The van der Waals surface area contributed by atoms with Crippen LogP contribution in [0, 0.1) is 17.8 Å². The molecule has 1 amide bonds. The highest BCUT2D eigenvalue weighted by atomic mass is 35.5. The number of nitrogens with one attached hydrogen (secondary N) is 1. The SMILES string of the molecule is CO[C@H]1/C=C/[C@H]2CCC[C@@H](C2)S(=O)(=O)NC(=O)c2ccc3c(c2)N(CCCCc2cc(Cl)ccc2CO3)C[C@@H]2CC[C@H]21. The number of amides is 1. The Morgan fingerprint density at radius 1 is 1.00 bits per heavy atom. The standard InChI is InChI=1S/C33H41ClN2O5S/c1-40-31-14-8-22-5-4-7-28(17-22)42(38,39)35-33(37)24-11-15-32-30(19-24)36(20-25-10-13-29(25)31)16-3-2-6-23-18-27(34)12-9-26(23)21-41-32/h8-9,11-12,14-15,18-19,22,25,28-29,31H,2-7,10,13,16-17,20-21H2,1H3,(H,35,37)/b14-8+/t22-,25+,28+,29-,31+/m1/s1. The van der Waals surface area contributed by atoms with Crippen molar-refractivity contribution in [1.82, 2.24) is 4.72 Å². The number of carbonyl (C=O) groups is 1. The van der Waals surface area contributed by atoms with Crippen molar-refractivity contribution >= 4 is 33.2 Å². The van der Waals surface area contributed by atoms with Gasteiger partial charge in [0.1, 0.15) is 12.4 Å². The quantitative estimate of drug-likeness (QED) is 0.381. The van der Waals surface area contributed by atoms with Crippen LogP contribution in [0.25, 0.3) is 0 Å². The molecule has 7 nitrogen and oxygen atoms in total. The van der Waals surface area contributed by atoms with Gasteiger partial charge in [-0.05, 0) is 111 Å². The minimum Gasteiger partial charge on any atom is -0.487 e. The number of methoxy groups -OCH3 is 1. The maximum absolute atomic E-state index is 13.4. The largest absolute Gasteiger partial charge is 0.487 e. The zero-order valence-corrected chi connectivity index (χ0v) is 25.8. The first-order valence-corrected chi connectivity index (χ1v) is 17.3. The van der Waals surface area contributed by atoms with Crippen LogP contribution in [-0.2, 0) is 27.8 Å². The molecule has 2 aliphatic heterocycles. The summed E-state index contributed by atoms with van der Waals surface area (Å²) >= 11 is 6.33. The molecule has 2 heterocycles. The molecule has 0 saturated heterocycles. The van der Waals surface area contributed by atoms with Crippen molar-refractivity contribution in [3.05, 3.63) is 70.3 Å². The molecule has 0 unspecified atom stereocenters. The Bertz CT molecular complexity index is 1440. The van der Waals surface area contributed by atoms with Gasteiger partial charge in [-0.2, -0.15) is 0 Å². The number of benzene rings is 2. The Labute approximate surface area is 254 Å².